The molecule has 3 N–H and O–H groups in total. The van der Waals surface area contributed by atoms with Crippen molar-refractivity contribution in [2.45, 2.75) is 258 Å². The predicted octanol–water partition coefficient (Wildman–Crippen LogP) is 15.0. The predicted molar refractivity (Wildman–Crippen MR) is 243 cm³/mol. The van der Waals surface area contributed by atoms with E-state index >= 15 is 0 Å². The van der Waals surface area contributed by atoms with E-state index in [2.05, 4.69) is 26.0 Å². The summed E-state index contributed by atoms with van der Waals surface area (Å²) < 4.78 is 33.6. The molecule has 0 aliphatic rings. The molecule has 2 unspecified atom stereocenters. The molecule has 0 aromatic carbocycles. The lowest BCUT2D eigenvalue weighted by Gasteiger charge is -2.20. The second-order valence-corrected chi connectivity index (χ2v) is 18.1. The summed E-state index contributed by atoms with van der Waals surface area (Å²) in [6.07, 6.45) is 50.9. The van der Waals surface area contributed by atoms with Gasteiger partial charge in [-0.05, 0) is 38.5 Å². The van der Waals surface area contributed by atoms with Crippen molar-refractivity contribution in [2.75, 3.05) is 33.0 Å². The molecule has 57 heavy (non-hydrogen) atoms. The van der Waals surface area contributed by atoms with Gasteiger partial charge < -0.3 is 20.1 Å². The van der Waals surface area contributed by atoms with Gasteiger partial charge in [0, 0.05) is 19.6 Å². The highest BCUT2D eigenvalue weighted by Gasteiger charge is 2.25. The first-order valence-corrected chi connectivity index (χ1v) is 26.2. The molecular weight excluding hydrogens is 734 g/mol. The van der Waals surface area contributed by atoms with Crippen molar-refractivity contribution >= 4 is 13.8 Å². The van der Waals surface area contributed by atoms with E-state index < -0.39 is 13.9 Å². The molecule has 0 heterocycles. The molecule has 0 aromatic heterocycles. The summed E-state index contributed by atoms with van der Waals surface area (Å²) in [7, 11) is -4.28. The molecule has 0 rings (SSSR count). The van der Waals surface area contributed by atoms with Crippen molar-refractivity contribution in [1.82, 2.24) is 0 Å². The maximum atomic E-state index is 12.6. The fourth-order valence-corrected chi connectivity index (χ4v) is 8.05. The lowest BCUT2D eigenvalue weighted by atomic mass is 10.0. The van der Waals surface area contributed by atoms with Gasteiger partial charge in [0.2, 0.25) is 0 Å². The lowest BCUT2D eigenvalue weighted by Crippen LogP contribution is -2.28. The summed E-state index contributed by atoms with van der Waals surface area (Å²) >= 11 is 0. The molecule has 2 atom stereocenters. The summed E-state index contributed by atoms with van der Waals surface area (Å²) in [6, 6.07) is 0. The first kappa shape index (κ1) is 56.2. The molecule has 0 aliphatic heterocycles. The van der Waals surface area contributed by atoms with Crippen molar-refractivity contribution in [2.24, 2.45) is 5.73 Å². The molecule has 0 spiro atoms. The van der Waals surface area contributed by atoms with Crippen molar-refractivity contribution in [1.29, 1.82) is 0 Å². The van der Waals surface area contributed by atoms with Crippen LogP contribution < -0.4 is 5.73 Å². The third kappa shape index (κ3) is 46.2. The monoisotopic (exact) mass is 830 g/mol. The number of phosphoric ester groups is 1. The topological polar surface area (TPSA) is 117 Å². The second kappa shape index (κ2) is 46.3. The van der Waals surface area contributed by atoms with E-state index in [-0.39, 0.29) is 32.3 Å². The van der Waals surface area contributed by atoms with Crippen molar-refractivity contribution in [3.63, 3.8) is 0 Å². The van der Waals surface area contributed by atoms with Gasteiger partial charge in [0.1, 0.15) is 6.10 Å². The zero-order chi connectivity index (χ0) is 41.6. The largest absolute Gasteiger partial charge is 0.472 e. The number of nitrogens with two attached hydrogens (primary N) is 1. The van der Waals surface area contributed by atoms with Crippen LogP contribution in [0.25, 0.3) is 0 Å². The fraction of sp³-hybridized carbons (Fsp3) is 0.938. The van der Waals surface area contributed by atoms with Crippen LogP contribution in [0.15, 0.2) is 12.2 Å². The molecular formula is C48H96NO7P. The number of rotatable bonds is 48. The molecule has 0 bridgehead atoms. The third-order valence-corrected chi connectivity index (χ3v) is 11.9. The summed E-state index contributed by atoms with van der Waals surface area (Å²) in [5, 5.41) is 0. The smallest absolute Gasteiger partial charge is 0.457 e. The van der Waals surface area contributed by atoms with Gasteiger partial charge in [-0.1, -0.05) is 219 Å². The van der Waals surface area contributed by atoms with Crippen molar-refractivity contribution in [3.8, 4) is 0 Å². The van der Waals surface area contributed by atoms with E-state index in [4.69, 9.17) is 24.3 Å². The molecule has 8 nitrogen and oxygen atoms in total. The standard InChI is InChI=1S/C48H96NO7P/c1-3-5-7-9-11-13-15-17-19-21-23-24-26-28-30-32-34-36-38-40-43-53-45-47(46-55-57(51,52)54-44-42-49)56-48(50)41-39-37-35-33-31-29-27-25-22-20-18-16-14-12-10-8-6-4-2/h20,22,47H,3-19,21,23-46,49H2,1-2H3,(H,51,52)/b22-20-. The van der Waals surface area contributed by atoms with Crippen LogP contribution in [0.2, 0.25) is 0 Å². The van der Waals surface area contributed by atoms with Gasteiger partial charge in [-0.3, -0.25) is 13.8 Å². The highest BCUT2D eigenvalue weighted by atomic mass is 31.2. The van der Waals surface area contributed by atoms with Gasteiger partial charge in [0.25, 0.3) is 0 Å². The zero-order valence-corrected chi connectivity index (χ0v) is 38.7. The molecule has 0 aromatic rings. The number of carbonyl (C=O) groups excluding carboxylic acids is 1. The number of ether oxygens (including phenoxy) is 2. The molecule has 340 valence electrons. The number of phosphoric acid groups is 1. The van der Waals surface area contributed by atoms with E-state index in [1.165, 1.54) is 199 Å². The number of esters is 1. The Bertz CT molecular complexity index is 889. The highest BCUT2D eigenvalue weighted by molar-refractivity contribution is 7.47. The Morgan fingerprint density at radius 1 is 0.509 bits per heavy atom. The minimum absolute atomic E-state index is 0.0927. The highest BCUT2D eigenvalue weighted by Crippen LogP contribution is 2.43. The molecule has 0 saturated carbocycles. The molecule has 0 saturated heterocycles. The number of carbonyl (C=O) groups is 1. The van der Waals surface area contributed by atoms with Crippen molar-refractivity contribution in [3.05, 3.63) is 12.2 Å². The first-order chi connectivity index (χ1) is 27.9. The van der Waals surface area contributed by atoms with Crippen LogP contribution in [0.1, 0.15) is 251 Å². The van der Waals surface area contributed by atoms with Crippen LogP contribution in [-0.2, 0) is 27.9 Å². The number of unbranched alkanes of at least 4 members (excludes halogenated alkanes) is 33. The minimum atomic E-state index is -4.28. The maximum Gasteiger partial charge on any atom is 0.472 e. The normalized spacial score (nSPS) is 13.4. The molecule has 9 heteroatoms. The molecule has 0 fully saturated rings. The summed E-state index contributed by atoms with van der Waals surface area (Å²) in [5.41, 5.74) is 5.38. The van der Waals surface area contributed by atoms with E-state index in [1.54, 1.807) is 0 Å². The van der Waals surface area contributed by atoms with Gasteiger partial charge in [0.15, 0.2) is 0 Å². The molecule has 0 amide bonds. The second-order valence-electron chi connectivity index (χ2n) is 16.7. The Kier molecular flexibility index (Phi) is 45.7. The quantitative estimate of drug-likeness (QED) is 0.0269. The first-order valence-electron chi connectivity index (χ1n) is 24.7. The lowest BCUT2D eigenvalue weighted by molar-refractivity contribution is -0.154. The minimum Gasteiger partial charge on any atom is -0.457 e. The Labute approximate surface area is 354 Å². The Balaban J connectivity index is 3.92. The SMILES string of the molecule is CCCCCCCCC/C=C\CCCCCCCCCC(=O)OC(COCCCCCCCCCCCCCCCCCCCCCC)COP(=O)(O)OCCN. The third-order valence-electron chi connectivity index (χ3n) is 10.9. The van der Waals surface area contributed by atoms with Gasteiger partial charge in [-0.25, -0.2) is 4.57 Å². The van der Waals surface area contributed by atoms with E-state index in [0.29, 0.717) is 13.0 Å². The van der Waals surface area contributed by atoms with Crippen molar-refractivity contribution < 1.29 is 32.8 Å². The van der Waals surface area contributed by atoms with Crippen LogP contribution in [0, 0.1) is 0 Å². The average Bonchev–Trinajstić information content (AvgIpc) is 3.20. The van der Waals surface area contributed by atoms with E-state index in [1.807, 2.05) is 0 Å². The fourth-order valence-electron chi connectivity index (χ4n) is 7.29. The van der Waals surface area contributed by atoms with Crippen LogP contribution in [-0.4, -0.2) is 49.9 Å². The summed E-state index contributed by atoms with van der Waals surface area (Å²) in [5.74, 6) is -0.329. The Hall–Kier alpha value is -0.760. The number of hydrogen-bond acceptors (Lipinski definition) is 7. The van der Waals surface area contributed by atoms with Crippen LogP contribution in [0.4, 0.5) is 0 Å². The van der Waals surface area contributed by atoms with Gasteiger partial charge in [-0.2, -0.15) is 0 Å². The summed E-state index contributed by atoms with van der Waals surface area (Å²) in [6.45, 7) is 4.98. The maximum absolute atomic E-state index is 12.6. The van der Waals surface area contributed by atoms with Crippen LogP contribution in [0.3, 0.4) is 0 Å². The van der Waals surface area contributed by atoms with E-state index in [0.717, 1.165) is 32.1 Å². The summed E-state index contributed by atoms with van der Waals surface area (Å²) in [4.78, 5) is 22.6. The van der Waals surface area contributed by atoms with Gasteiger partial charge >= 0.3 is 13.8 Å². The molecule has 0 radical (unpaired) electrons. The Morgan fingerprint density at radius 2 is 0.877 bits per heavy atom. The Morgan fingerprint density at radius 3 is 1.28 bits per heavy atom. The average molecular weight is 830 g/mol. The zero-order valence-electron chi connectivity index (χ0n) is 37.9. The number of hydrogen-bond donors (Lipinski definition) is 2. The molecule has 0 aliphatic carbocycles. The van der Waals surface area contributed by atoms with Gasteiger partial charge in [-0.15, -0.1) is 0 Å². The number of allylic oxidation sites excluding steroid dienone is 2. The van der Waals surface area contributed by atoms with Gasteiger partial charge in [0.05, 0.1) is 19.8 Å². The van der Waals surface area contributed by atoms with E-state index in [9.17, 15) is 14.3 Å². The van der Waals surface area contributed by atoms with Crippen LogP contribution >= 0.6 is 7.82 Å². The van der Waals surface area contributed by atoms with Crippen LogP contribution in [0.5, 0.6) is 0 Å².